The van der Waals surface area contributed by atoms with E-state index in [1.807, 2.05) is 0 Å². The maximum atomic E-state index is 13.0. The van der Waals surface area contributed by atoms with E-state index < -0.39 is 18.2 Å². The van der Waals surface area contributed by atoms with Gasteiger partial charge in [-0.3, -0.25) is 9.13 Å². The van der Waals surface area contributed by atoms with Crippen molar-refractivity contribution in [1.82, 2.24) is 14.0 Å². The molecule has 1 N–H and O–H groups in total. The van der Waals surface area contributed by atoms with Crippen LogP contribution in [0.25, 0.3) is 22.2 Å². The van der Waals surface area contributed by atoms with Crippen LogP contribution in [0.2, 0.25) is 0 Å². The molecule has 1 aromatic heterocycles. The number of ether oxygens (including phenoxy) is 1. The van der Waals surface area contributed by atoms with Gasteiger partial charge in [0.2, 0.25) is 0 Å². The van der Waals surface area contributed by atoms with E-state index in [2.05, 4.69) is 4.74 Å². The highest BCUT2D eigenvalue weighted by atomic mass is 19.4. The van der Waals surface area contributed by atoms with Gasteiger partial charge in [-0.2, -0.15) is 0 Å². The number of hydrogen-bond acceptors (Lipinski definition) is 4. The third kappa shape index (κ3) is 6.23. The molecular formula is C24H26F3N3O5. The number of aromatic nitrogens is 2. The molecule has 0 fully saturated rings. The van der Waals surface area contributed by atoms with Crippen LogP contribution in [0.5, 0.6) is 5.75 Å². The standard InChI is InChI=1S/C24H26F3N3O5/c1-28-19-8-6-17(15-20(19)29(2)22(28)32)16-7-9-21(35-24(25,26)27)18(14-16)10-12-30(23(33)34)11-4-3-5-13-31/h6-9,13-15H,3-5,10-12H2,1-2H3,(H,33,34). The van der Waals surface area contributed by atoms with E-state index in [9.17, 15) is 32.7 Å². The van der Waals surface area contributed by atoms with E-state index in [1.54, 1.807) is 32.3 Å². The zero-order valence-corrected chi connectivity index (χ0v) is 19.3. The SMILES string of the molecule is Cn1c(=O)n(C)c2cc(-c3ccc(OC(F)(F)F)c(CCN(CCCCC=O)C(=O)O)c3)ccc21. The van der Waals surface area contributed by atoms with Gasteiger partial charge >= 0.3 is 18.1 Å². The Kier molecular flexibility index (Phi) is 7.88. The van der Waals surface area contributed by atoms with Gasteiger partial charge in [-0.25, -0.2) is 9.59 Å². The molecule has 0 aliphatic heterocycles. The molecule has 1 heterocycles. The zero-order chi connectivity index (χ0) is 25.8. The quantitative estimate of drug-likeness (QED) is 0.335. The van der Waals surface area contributed by atoms with Crippen LogP contribution >= 0.6 is 0 Å². The molecule has 0 aliphatic carbocycles. The number of unbranched alkanes of at least 4 members (excludes halogenated alkanes) is 2. The van der Waals surface area contributed by atoms with Crippen LogP contribution in [0.3, 0.4) is 0 Å². The molecule has 2 aromatic carbocycles. The van der Waals surface area contributed by atoms with Crippen molar-refractivity contribution in [3.63, 3.8) is 0 Å². The second kappa shape index (κ2) is 10.7. The molecule has 3 rings (SSSR count). The van der Waals surface area contributed by atoms with Crippen molar-refractivity contribution in [3.05, 3.63) is 52.4 Å². The summed E-state index contributed by atoms with van der Waals surface area (Å²) in [5.41, 5.74) is 2.66. The smallest absolute Gasteiger partial charge is 0.465 e. The maximum absolute atomic E-state index is 13.0. The molecule has 35 heavy (non-hydrogen) atoms. The van der Waals surface area contributed by atoms with Crippen molar-refractivity contribution < 1.29 is 32.6 Å². The fourth-order valence-electron chi connectivity index (χ4n) is 3.95. The number of aryl methyl sites for hydroxylation is 2. The molecule has 188 valence electrons. The third-order valence-electron chi connectivity index (χ3n) is 5.81. The van der Waals surface area contributed by atoms with Gasteiger partial charge in [0.05, 0.1) is 11.0 Å². The highest BCUT2D eigenvalue weighted by Crippen LogP contribution is 2.32. The molecule has 1 amide bonds. The molecule has 8 nitrogen and oxygen atoms in total. The van der Waals surface area contributed by atoms with E-state index in [-0.39, 0.29) is 30.8 Å². The number of halogens is 3. The number of aldehydes is 1. The number of carboxylic acid groups (broad SMARTS) is 1. The first kappa shape index (κ1) is 25.9. The minimum atomic E-state index is -4.90. The van der Waals surface area contributed by atoms with Crippen LogP contribution in [0.1, 0.15) is 24.8 Å². The van der Waals surface area contributed by atoms with E-state index in [0.29, 0.717) is 41.4 Å². The number of imidazole rings is 1. The second-order valence-electron chi connectivity index (χ2n) is 8.16. The average Bonchev–Trinajstić information content (AvgIpc) is 3.01. The van der Waals surface area contributed by atoms with Crippen molar-refractivity contribution in [2.75, 3.05) is 13.1 Å². The monoisotopic (exact) mass is 493 g/mol. The molecule has 0 aliphatic rings. The summed E-state index contributed by atoms with van der Waals surface area (Å²) in [4.78, 5) is 35.4. The van der Waals surface area contributed by atoms with Gasteiger partial charge in [0.25, 0.3) is 0 Å². The Hall–Kier alpha value is -3.76. The Bertz CT molecular complexity index is 1280. The van der Waals surface area contributed by atoms with Gasteiger partial charge in [0, 0.05) is 33.6 Å². The Morgan fingerprint density at radius 1 is 1.03 bits per heavy atom. The van der Waals surface area contributed by atoms with Gasteiger partial charge in [-0.05, 0) is 60.2 Å². The largest absolute Gasteiger partial charge is 0.573 e. The predicted molar refractivity (Wildman–Crippen MR) is 123 cm³/mol. The van der Waals surface area contributed by atoms with Gasteiger partial charge < -0.3 is 19.5 Å². The van der Waals surface area contributed by atoms with Gasteiger partial charge in [0.15, 0.2) is 0 Å². The zero-order valence-electron chi connectivity index (χ0n) is 19.3. The summed E-state index contributed by atoms with van der Waals surface area (Å²) in [6, 6.07) is 9.54. The van der Waals surface area contributed by atoms with E-state index in [1.165, 1.54) is 27.3 Å². The van der Waals surface area contributed by atoms with Gasteiger partial charge in [-0.15, -0.1) is 13.2 Å². The summed E-state index contributed by atoms with van der Waals surface area (Å²) in [6.07, 6.45) is -4.05. The Balaban J connectivity index is 1.92. The summed E-state index contributed by atoms with van der Waals surface area (Å²) in [6.45, 7) is 0.122. The lowest BCUT2D eigenvalue weighted by molar-refractivity contribution is -0.274. The number of hydrogen-bond donors (Lipinski definition) is 1. The van der Waals surface area contributed by atoms with E-state index >= 15 is 0 Å². The first-order valence-electron chi connectivity index (χ1n) is 11.0. The van der Waals surface area contributed by atoms with Gasteiger partial charge in [0.1, 0.15) is 12.0 Å². The third-order valence-corrected chi connectivity index (χ3v) is 5.81. The molecule has 0 atom stereocenters. The first-order valence-corrected chi connectivity index (χ1v) is 11.0. The minimum absolute atomic E-state index is 0.00863. The summed E-state index contributed by atoms with van der Waals surface area (Å²) in [5, 5.41) is 9.46. The lowest BCUT2D eigenvalue weighted by atomic mass is 10.00. The van der Waals surface area contributed by atoms with Crippen LogP contribution in [0, 0.1) is 0 Å². The number of fused-ring (bicyclic) bond motifs is 1. The topological polar surface area (TPSA) is 93.8 Å². The average molecular weight is 493 g/mol. The number of amides is 1. The fraction of sp³-hybridized carbons (Fsp3) is 0.375. The minimum Gasteiger partial charge on any atom is -0.465 e. The lowest BCUT2D eigenvalue weighted by Crippen LogP contribution is -2.32. The highest BCUT2D eigenvalue weighted by molar-refractivity contribution is 5.83. The lowest BCUT2D eigenvalue weighted by Gasteiger charge is -2.20. The molecule has 3 aromatic rings. The molecular weight excluding hydrogens is 467 g/mol. The number of alkyl halides is 3. The number of carbonyl (C=O) groups excluding carboxylic acids is 1. The molecule has 0 saturated carbocycles. The highest BCUT2D eigenvalue weighted by Gasteiger charge is 2.32. The van der Waals surface area contributed by atoms with E-state index in [0.717, 1.165) is 11.2 Å². The normalized spacial score (nSPS) is 11.6. The van der Waals surface area contributed by atoms with E-state index in [4.69, 9.17) is 0 Å². The van der Waals surface area contributed by atoms with Crippen LogP contribution in [0.4, 0.5) is 18.0 Å². The predicted octanol–water partition coefficient (Wildman–Crippen LogP) is 4.33. The molecule has 0 bridgehead atoms. The summed E-state index contributed by atoms with van der Waals surface area (Å²) >= 11 is 0. The molecule has 0 spiro atoms. The Morgan fingerprint density at radius 2 is 1.69 bits per heavy atom. The van der Waals surface area contributed by atoms with Crippen molar-refractivity contribution in [2.24, 2.45) is 14.1 Å². The van der Waals surface area contributed by atoms with Crippen LogP contribution < -0.4 is 10.4 Å². The molecule has 11 heteroatoms. The molecule has 0 saturated heterocycles. The molecule has 0 radical (unpaired) electrons. The van der Waals surface area contributed by atoms with Crippen LogP contribution in [0.15, 0.2) is 41.2 Å². The Morgan fingerprint density at radius 3 is 2.34 bits per heavy atom. The maximum Gasteiger partial charge on any atom is 0.573 e. The number of nitrogens with zero attached hydrogens (tertiary/aromatic N) is 3. The van der Waals surface area contributed by atoms with Crippen LogP contribution in [-0.4, -0.2) is 51.0 Å². The second-order valence-corrected chi connectivity index (χ2v) is 8.16. The fourth-order valence-corrected chi connectivity index (χ4v) is 3.95. The summed E-state index contributed by atoms with van der Waals surface area (Å²) in [7, 11) is 3.29. The van der Waals surface area contributed by atoms with Crippen molar-refractivity contribution in [2.45, 2.75) is 32.0 Å². The number of carbonyl (C=O) groups is 2. The summed E-state index contributed by atoms with van der Waals surface area (Å²) < 4.78 is 46.1. The molecule has 0 unspecified atom stereocenters. The van der Waals surface area contributed by atoms with Crippen molar-refractivity contribution in [3.8, 4) is 16.9 Å². The van der Waals surface area contributed by atoms with Crippen LogP contribution in [-0.2, 0) is 25.3 Å². The number of rotatable bonds is 10. The first-order chi connectivity index (χ1) is 16.5. The van der Waals surface area contributed by atoms with Gasteiger partial charge in [-0.1, -0.05) is 12.1 Å². The Labute approximate surface area is 199 Å². The van der Waals surface area contributed by atoms with Crippen molar-refractivity contribution >= 4 is 23.4 Å². The number of benzene rings is 2. The summed E-state index contributed by atoms with van der Waals surface area (Å²) in [5.74, 6) is -0.402. The van der Waals surface area contributed by atoms with Crippen molar-refractivity contribution in [1.29, 1.82) is 0 Å².